The van der Waals surface area contributed by atoms with Gasteiger partial charge in [-0.15, -0.1) is 0 Å². The first-order valence-corrected chi connectivity index (χ1v) is 21.1. The molecule has 8 rings (SSSR count). The topological polar surface area (TPSA) is 267 Å². The van der Waals surface area contributed by atoms with Gasteiger partial charge >= 0.3 is 13.5 Å². The van der Waals surface area contributed by atoms with Crippen molar-refractivity contribution in [2.24, 2.45) is 0 Å². The fourth-order valence-corrected chi connectivity index (χ4v) is 8.09. The van der Waals surface area contributed by atoms with Crippen molar-refractivity contribution >= 4 is 24.9 Å². The highest BCUT2D eigenvalue weighted by atomic mass is 31.2. The Morgan fingerprint density at radius 2 is 1.50 bits per heavy atom. The molecule has 3 aromatic heterocycles. The average molecular weight is 874 g/mol. The SMILES string of the molecule is Cc1cn([C@H]2C[C@H](OP(=O)(O)OC[C@H]3O[C@@H](n4cnc5c(=O)[nH]c(N)nc54)C[C@@H]3O)[C@@H](COCc3ccc(OCc4ccccc4)c(OCc4ccccc4)c3)O2)c(=O)[nH]c1=O. The van der Waals surface area contributed by atoms with Crippen LogP contribution in [0, 0.1) is 6.92 Å². The number of H-pyrrole nitrogens is 2. The van der Waals surface area contributed by atoms with Crippen molar-refractivity contribution in [3.8, 4) is 11.5 Å². The van der Waals surface area contributed by atoms with Gasteiger partial charge in [-0.2, -0.15) is 4.98 Å². The molecule has 7 atom stereocenters. The number of hydrogen-bond acceptors (Lipinski definition) is 15. The van der Waals surface area contributed by atoms with Gasteiger partial charge in [0.2, 0.25) is 5.95 Å². The maximum absolute atomic E-state index is 13.5. The highest BCUT2D eigenvalue weighted by molar-refractivity contribution is 7.47. The van der Waals surface area contributed by atoms with E-state index in [1.807, 2.05) is 66.7 Å². The van der Waals surface area contributed by atoms with E-state index in [0.29, 0.717) is 24.7 Å². The smallest absolute Gasteiger partial charge is 0.472 e. The monoisotopic (exact) mass is 873 g/mol. The van der Waals surface area contributed by atoms with Crippen LogP contribution in [-0.4, -0.2) is 76.7 Å². The van der Waals surface area contributed by atoms with E-state index in [2.05, 4.69) is 19.9 Å². The van der Waals surface area contributed by atoms with Crippen LogP contribution in [0.25, 0.3) is 11.2 Å². The highest BCUT2D eigenvalue weighted by Crippen LogP contribution is 2.49. The molecule has 326 valence electrons. The van der Waals surface area contributed by atoms with Crippen LogP contribution in [0.5, 0.6) is 11.5 Å². The summed E-state index contributed by atoms with van der Waals surface area (Å²) in [6.45, 7) is 1.48. The van der Waals surface area contributed by atoms with Gasteiger partial charge in [0.05, 0.1) is 32.3 Å². The number of rotatable bonds is 17. The Morgan fingerprint density at radius 3 is 2.23 bits per heavy atom. The predicted octanol–water partition coefficient (Wildman–Crippen LogP) is 3.37. The summed E-state index contributed by atoms with van der Waals surface area (Å²) in [5, 5.41) is 10.8. The molecular weight excluding hydrogens is 829 g/mol. The Hall–Kier alpha value is -5.96. The van der Waals surface area contributed by atoms with Crippen molar-refractivity contribution in [1.29, 1.82) is 0 Å². The maximum atomic E-state index is 13.5. The second-order valence-corrected chi connectivity index (χ2v) is 16.2. The van der Waals surface area contributed by atoms with E-state index >= 15 is 0 Å². The van der Waals surface area contributed by atoms with Crippen LogP contribution in [0.15, 0.2) is 106 Å². The molecule has 0 aliphatic carbocycles. The van der Waals surface area contributed by atoms with Crippen LogP contribution < -0.4 is 32.0 Å². The van der Waals surface area contributed by atoms with E-state index in [0.717, 1.165) is 16.7 Å². The molecule has 0 amide bonds. The summed E-state index contributed by atoms with van der Waals surface area (Å²) < 4.78 is 57.6. The largest absolute Gasteiger partial charge is 0.485 e. The number of anilines is 1. The highest BCUT2D eigenvalue weighted by Gasteiger charge is 2.44. The normalized spacial score (nSPS) is 22.2. The van der Waals surface area contributed by atoms with Crippen LogP contribution >= 0.6 is 7.82 Å². The van der Waals surface area contributed by atoms with Gasteiger partial charge in [-0.25, -0.2) is 14.3 Å². The summed E-state index contributed by atoms with van der Waals surface area (Å²) in [6, 6.07) is 24.8. The van der Waals surface area contributed by atoms with E-state index in [4.69, 9.17) is 38.5 Å². The number of phosphoric ester groups is 1. The molecule has 0 bridgehead atoms. The van der Waals surface area contributed by atoms with E-state index in [9.17, 15) is 28.9 Å². The van der Waals surface area contributed by atoms with Crippen molar-refractivity contribution in [3.05, 3.63) is 145 Å². The fraction of sp³-hybridized carbons (Fsp3) is 0.341. The molecule has 2 saturated heterocycles. The van der Waals surface area contributed by atoms with E-state index in [1.165, 1.54) is 28.6 Å². The van der Waals surface area contributed by atoms with Gasteiger partial charge < -0.3 is 39.4 Å². The zero-order chi connectivity index (χ0) is 43.4. The minimum absolute atomic E-state index is 0.0133. The third-order valence-corrected chi connectivity index (χ3v) is 11.3. The first-order chi connectivity index (χ1) is 29.9. The second-order valence-electron chi connectivity index (χ2n) is 14.8. The number of nitrogens with zero attached hydrogens (tertiary/aromatic N) is 4. The quantitative estimate of drug-likeness (QED) is 0.0823. The van der Waals surface area contributed by atoms with Gasteiger partial charge in [0, 0.05) is 24.6 Å². The lowest BCUT2D eigenvalue weighted by atomic mass is 10.2. The zero-order valence-electron chi connectivity index (χ0n) is 33.3. The molecule has 1 unspecified atom stereocenters. The molecule has 2 fully saturated rings. The molecule has 6 N–H and O–H groups in total. The summed E-state index contributed by atoms with van der Waals surface area (Å²) in [4.78, 5) is 60.9. The van der Waals surface area contributed by atoms with E-state index in [1.54, 1.807) is 12.1 Å². The molecule has 0 saturated carbocycles. The molecule has 5 heterocycles. The molecule has 0 radical (unpaired) electrons. The molecule has 62 heavy (non-hydrogen) atoms. The standard InChI is InChI=1S/C41H44N7O13P/c1-24-17-47(41(52)46-38(24)50)35-16-31(61-62(53,54)58-22-32-28(49)15-34(59-32)48-23-43-36-37(48)44-40(42)45-39(36)51)33(60-35)21-55-18-27-12-13-29(56-19-25-8-4-2-5-9-25)30(14-27)57-20-26-10-6-3-7-11-26/h2-14,17,23,28,31-35,49H,15-16,18-22H2,1H3,(H,53,54)(H,46,50,52)(H3,42,44,45,51)/t28-,31-,32+,33+,34+,35+/m0/s1. The third-order valence-electron chi connectivity index (χ3n) is 10.3. The number of phosphoric acid groups is 1. The van der Waals surface area contributed by atoms with Crippen molar-refractivity contribution in [2.75, 3.05) is 18.9 Å². The first kappa shape index (κ1) is 42.7. The van der Waals surface area contributed by atoms with Gasteiger partial charge in [0.1, 0.15) is 44.0 Å². The van der Waals surface area contributed by atoms with Crippen molar-refractivity contribution in [3.63, 3.8) is 0 Å². The second kappa shape index (κ2) is 18.6. The Bertz CT molecular complexity index is 2730. The summed E-state index contributed by atoms with van der Waals surface area (Å²) in [5.74, 6) is 0.887. The number of aryl methyl sites for hydroxylation is 1. The summed E-state index contributed by atoms with van der Waals surface area (Å²) in [7, 11) is -4.90. The maximum Gasteiger partial charge on any atom is 0.472 e. The third kappa shape index (κ3) is 10.0. The lowest BCUT2D eigenvalue weighted by Gasteiger charge is -2.23. The van der Waals surface area contributed by atoms with Gasteiger partial charge in [-0.1, -0.05) is 66.7 Å². The average Bonchev–Trinajstić information content (AvgIpc) is 3.97. The molecule has 20 nitrogen and oxygen atoms in total. The summed E-state index contributed by atoms with van der Waals surface area (Å²) >= 11 is 0. The molecule has 21 heteroatoms. The number of aromatic nitrogens is 6. The molecule has 0 spiro atoms. The van der Waals surface area contributed by atoms with Crippen LogP contribution in [-0.2, 0) is 47.6 Å². The summed E-state index contributed by atoms with van der Waals surface area (Å²) in [5.41, 5.74) is 6.89. The fourth-order valence-electron chi connectivity index (χ4n) is 7.13. The lowest BCUT2D eigenvalue weighted by Crippen LogP contribution is -2.33. The number of fused-ring (bicyclic) bond motifs is 1. The van der Waals surface area contributed by atoms with Gasteiger partial charge in [0.25, 0.3) is 11.1 Å². The number of ether oxygens (including phenoxy) is 5. The number of aromatic amines is 2. The van der Waals surface area contributed by atoms with Crippen LogP contribution in [0.3, 0.4) is 0 Å². The molecule has 2 aliphatic rings. The van der Waals surface area contributed by atoms with Crippen molar-refractivity contribution in [2.45, 2.75) is 76.5 Å². The van der Waals surface area contributed by atoms with Crippen molar-refractivity contribution in [1.82, 2.24) is 29.1 Å². The first-order valence-electron chi connectivity index (χ1n) is 19.6. The van der Waals surface area contributed by atoms with Gasteiger partial charge in [-0.05, 0) is 35.7 Å². The van der Waals surface area contributed by atoms with Gasteiger partial charge in [0.15, 0.2) is 22.7 Å². The number of aliphatic hydroxyl groups excluding tert-OH is 1. The number of hydrogen-bond donors (Lipinski definition) is 5. The van der Waals surface area contributed by atoms with Gasteiger partial charge in [-0.3, -0.25) is 37.7 Å². The Balaban J connectivity index is 0.938. The number of nitrogens with two attached hydrogens (primary N) is 1. The zero-order valence-corrected chi connectivity index (χ0v) is 34.2. The Labute approximate surface area is 352 Å². The van der Waals surface area contributed by atoms with Crippen LogP contribution in [0.1, 0.15) is 47.6 Å². The minimum Gasteiger partial charge on any atom is -0.485 e. The van der Waals surface area contributed by atoms with E-state index < -0.39 is 68.1 Å². The molecular formula is C41H44N7O13P. The molecule has 2 aliphatic heterocycles. The number of nitrogen functional groups attached to an aromatic ring is 1. The number of imidazole rings is 1. The number of nitrogens with one attached hydrogen (secondary N) is 2. The van der Waals surface area contributed by atoms with Crippen LogP contribution in [0.4, 0.5) is 5.95 Å². The van der Waals surface area contributed by atoms with Crippen LogP contribution in [0.2, 0.25) is 0 Å². The minimum atomic E-state index is -4.90. The number of benzene rings is 3. The Morgan fingerprint density at radius 1 is 0.823 bits per heavy atom. The molecule has 6 aromatic rings. The Kier molecular flexibility index (Phi) is 12.8. The lowest BCUT2D eigenvalue weighted by molar-refractivity contribution is -0.0704. The van der Waals surface area contributed by atoms with E-state index in [-0.39, 0.29) is 48.7 Å². The summed E-state index contributed by atoms with van der Waals surface area (Å²) in [6.07, 6.45) is -3.71. The van der Waals surface area contributed by atoms with Crippen molar-refractivity contribution < 1.29 is 47.3 Å². The molecule has 3 aromatic carbocycles. The predicted molar refractivity (Wildman–Crippen MR) is 220 cm³/mol. The number of aliphatic hydroxyl groups is 1.